The first-order valence-corrected chi connectivity index (χ1v) is 16.6. The van der Waals surface area contributed by atoms with Crippen LogP contribution in [0.4, 0.5) is 0 Å². The highest BCUT2D eigenvalue weighted by atomic mass is 16.3. The lowest BCUT2D eigenvalue weighted by Crippen LogP contribution is -1.97. The van der Waals surface area contributed by atoms with Crippen molar-refractivity contribution in [3.05, 3.63) is 170 Å². The molecule has 3 heteroatoms. The van der Waals surface area contributed by atoms with E-state index < -0.39 is 0 Å². The van der Waals surface area contributed by atoms with Gasteiger partial charge in [0.05, 0.1) is 11.4 Å². The van der Waals surface area contributed by atoms with E-state index in [1.807, 2.05) is 24.3 Å². The molecule has 2 heterocycles. The Kier molecular flexibility index (Phi) is 6.18. The summed E-state index contributed by atoms with van der Waals surface area (Å²) in [5.41, 5.74) is 8.95. The number of benzene rings is 8. The second kappa shape index (κ2) is 11.0. The summed E-state index contributed by atoms with van der Waals surface area (Å²) in [5.74, 6) is 0.705. The number of hydrogen-bond donors (Lipinski definition) is 0. The molecule has 0 N–H and O–H groups in total. The van der Waals surface area contributed by atoms with Gasteiger partial charge in [-0.15, -0.1) is 0 Å². The van der Waals surface area contributed by atoms with Crippen molar-refractivity contribution in [3.63, 3.8) is 0 Å². The van der Waals surface area contributed by atoms with E-state index in [2.05, 4.69) is 146 Å². The smallest absolute Gasteiger partial charge is 0.161 e. The molecule has 2 aromatic heterocycles. The molecule has 49 heavy (non-hydrogen) atoms. The Labute approximate surface area is 282 Å². The Hall–Kier alpha value is -6.58. The van der Waals surface area contributed by atoms with Crippen molar-refractivity contribution in [1.29, 1.82) is 0 Å². The van der Waals surface area contributed by atoms with Crippen LogP contribution >= 0.6 is 0 Å². The minimum Gasteiger partial charge on any atom is -0.456 e. The number of rotatable bonds is 4. The maximum absolute atomic E-state index is 6.29. The first-order valence-electron chi connectivity index (χ1n) is 16.6. The molecule has 10 aromatic rings. The SMILES string of the molecule is c1ccc(-c2cc(-c3ccccc3)nc(-c3cccc4c5ccccc5c5ccc(-c6ccc7c(c6)oc6ccccc67)cc5c34)n2)cc1. The fraction of sp³-hybridized carbons (Fsp3) is 0. The number of fused-ring (bicyclic) bond motifs is 9. The highest BCUT2D eigenvalue weighted by Gasteiger charge is 2.18. The van der Waals surface area contributed by atoms with Crippen LogP contribution in [-0.4, -0.2) is 9.97 Å². The van der Waals surface area contributed by atoms with Crippen LogP contribution in [0, 0.1) is 0 Å². The zero-order valence-electron chi connectivity index (χ0n) is 26.5. The summed E-state index contributed by atoms with van der Waals surface area (Å²) in [6.45, 7) is 0. The van der Waals surface area contributed by atoms with Gasteiger partial charge in [-0.1, -0.05) is 140 Å². The van der Waals surface area contributed by atoms with E-state index in [0.717, 1.165) is 66.5 Å². The van der Waals surface area contributed by atoms with E-state index in [-0.39, 0.29) is 0 Å². The molecule has 0 unspecified atom stereocenters. The van der Waals surface area contributed by atoms with Gasteiger partial charge in [-0.25, -0.2) is 9.97 Å². The van der Waals surface area contributed by atoms with Crippen LogP contribution in [0.1, 0.15) is 0 Å². The van der Waals surface area contributed by atoms with Crippen molar-refractivity contribution in [2.75, 3.05) is 0 Å². The molecule has 0 aliphatic heterocycles. The van der Waals surface area contributed by atoms with Crippen LogP contribution in [0.15, 0.2) is 174 Å². The topological polar surface area (TPSA) is 38.9 Å². The van der Waals surface area contributed by atoms with Gasteiger partial charge in [0.15, 0.2) is 5.82 Å². The van der Waals surface area contributed by atoms with Gasteiger partial charge in [0.25, 0.3) is 0 Å². The molecule has 0 saturated heterocycles. The van der Waals surface area contributed by atoms with Gasteiger partial charge in [-0.3, -0.25) is 0 Å². The van der Waals surface area contributed by atoms with Crippen LogP contribution in [0.2, 0.25) is 0 Å². The van der Waals surface area contributed by atoms with E-state index in [1.165, 1.54) is 26.9 Å². The van der Waals surface area contributed by atoms with Crippen molar-refractivity contribution in [3.8, 4) is 45.0 Å². The van der Waals surface area contributed by atoms with Crippen LogP contribution in [0.25, 0.3) is 99.3 Å². The Balaban J connectivity index is 1.26. The molecule has 0 radical (unpaired) electrons. The number of aromatic nitrogens is 2. The summed E-state index contributed by atoms with van der Waals surface area (Å²) in [6.07, 6.45) is 0. The summed E-state index contributed by atoms with van der Waals surface area (Å²) < 4.78 is 6.29. The van der Waals surface area contributed by atoms with Crippen LogP contribution in [0.5, 0.6) is 0 Å². The summed E-state index contributed by atoms with van der Waals surface area (Å²) in [4.78, 5) is 10.5. The Morgan fingerprint density at radius 1 is 0.327 bits per heavy atom. The lowest BCUT2D eigenvalue weighted by atomic mass is 9.89. The van der Waals surface area contributed by atoms with Crippen molar-refractivity contribution >= 4 is 54.3 Å². The molecule has 0 fully saturated rings. The average Bonchev–Trinajstić information content (AvgIpc) is 3.56. The fourth-order valence-corrected chi connectivity index (χ4v) is 7.36. The Bertz CT molecular complexity index is 2810. The predicted molar refractivity (Wildman–Crippen MR) is 204 cm³/mol. The quantitative estimate of drug-likeness (QED) is 0.183. The van der Waals surface area contributed by atoms with Crippen molar-refractivity contribution < 1.29 is 4.42 Å². The van der Waals surface area contributed by atoms with E-state index >= 15 is 0 Å². The molecule has 0 bridgehead atoms. The summed E-state index contributed by atoms with van der Waals surface area (Å²) in [7, 11) is 0. The average molecular weight is 625 g/mol. The maximum atomic E-state index is 6.29. The van der Waals surface area contributed by atoms with Crippen LogP contribution in [0.3, 0.4) is 0 Å². The van der Waals surface area contributed by atoms with Gasteiger partial charge in [-0.05, 0) is 68.4 Å². The number of hydrogen-bond acceptors (Lipinski definition) is 3. The molecule has 0 atom stereocenters. The van der Waals surface area contributed by atoms with Crippen molar-refractivity contribution in [2.45, 2.75) is 0 Å². The first-order chi connectivity index (χ1) is 24.3. The van der Waals surface area contributed by atoms with E-state index in [0.29, 0.717) is 5.82 Å². The number of para-hydroxylation sites is 1. The summed E-state index contributed by atoms with van der Waals surface area (Å²) in [6, 6.07) is 59.7. The van der Waals surface area contributed by atoms with Crippen LogP contribution < -0.4 is 0 Å². The molecule has 0 aliphatic rings. The summed E-state index contributed by atoms with van der Waals surface area (Å²) >= 11 is 0. The van der Waals surface area contributed by atoms with E-state index in [1.54, 1.807) is 0 Å². The minimum absolute atomic E-state index is 0.705. The van der Waals surface area contributed by atoms with Gasteiger partial charge in [-0.2, -0.15) is 0 Å². The minimum atomic E-state index is 0.705. The van der Waals surface area contributed by atoms with Crippen LogP contribution in [-0.2, 0) is 0 Å². The third kappa shape index (κ3) is 4.51. The van der Waals surface area contributed by atoms with Crippen molar-refractivity contribution in [1.82, 2.24) is 9.97 Å². The van der Waals surface area contributed by atoms with E-state index in [9.17, 15) is 0 Å². The van der Waals surface area contributed by atoms with Gasteiger partial charge in [0.1, 0.15) is 11.2 Å². The number of furan rings is 1. The molecular weight excluding hydrogens is 597 g/mol. The van der Waals surface area contributed by atoms with Crippen molar-refractivity contribution in [2.24, 2.45) is 0 Å². The molecule has 0 amide bonds. The second-order valence-corrected chi connectivity index (χ2v) is 12.5. The summed E-state index contributed by atoms with van der Waals surface area (Å²) in [5, 5.41) is 9.40. The largest absolute Gasteiger partial charge is 0.456 e. The standard InChI is InChI=1S/C46H28N2O/c1-3-12-29(13-4-1)41-28-42(30-14-5-2-6-15-30)48-46(47-41)39-20-11-19-38-34-17-8-7-16-33(34)35-24-22-31(26-40(35)45(38)39)32-23-25-37-36-18-9-10-21-43(36)49-44(37)27-32/h1-28H. The predicted octanol–water partition coefficient (Wildman–Crippen LogP) is 12.5. The third-order valence-electron chi connectivity index (χ3n) is 9.68. The Morgan fingerprint density at radius 3 is 1.57 bits per heavy atom. The second-order valence-electron chi connectivity index (χ2n) is 12.5. The highest BCUT2D eigenvalue weighted by molar-refractivity contribution is 6.28. The Morgan fingerprint density at radius 2 is 0.857 bits per heavy atom. The first kappa shape index (κ1) is 27.5. The lowest BCUT2D eigenvalue weighted by Gasteiger charge is -2.16. The molecule has 0 saturated carbocycles. The molecule has 0 spiro atoms. The molecule has 3 nitrogen and oxygen atoms in total. The lowest BCUT2D eigenvalue weighted by molar-refractivity contribution is 0.669. The van der Waals surface area contributed by atoms with Gasteiger partial charge >= 0.3 is 0 Å². The van der Waals surface area contributed by atoms with E-state index in [4.69, 9.17) is 14.4 Å². The zero-order chi connectivity index (χ0) is 32.3. The molecule has 228 valence electrons. The van der Waals surface area contributed by atoms with Gasteiger partial charge in [0.2, 0.25) is 0 Å². The molecular formula is C46H28N2O. The molecule has 10 rings (SSSR count). The van der Waals surface area contributed by atoms with Gasteiger partial charge < -0.3 is 4.42 Å². The molecule has 8 aromatic carbocycles. The zero-order valence-corrected chi connectivity index (χ0v) is 26.5. The highest BCUT2D eigenvalue weighted by Crippen LogP contribution is 2.42. The normalized spacial score (nSPS) is 11.7. The maximum Gasteiger partial charge on any atom is 0.161 e. The number of nitrogens with zero attached hydrogens (tertiary/aromatic N) is 2. The van der Waals surface area contributed by atoms with Gasteiger partial charge in [0, 0.05) is 32.8 Å². The molecule has 0 aliphatic carbocycles. The monoisotopic (exact) mass is 624 g/mol. The third-order valence-corrected chi connectivity index (χ3v) is 9.68. The fourth-order valence-electron chi connectivity index (χ4n) is 7.36.